The lowest BCUT2D eigenvalue weighted by atomic mass is 10.0. The molecule has 0 aliphatic rings. The summed E-state index contributed by atoms with van der Waals surface area (Å²) >= 11 is 0. The van der Waals surface area contributed by atoms with Gasteiger partial charge in [-0.05, 0) is 72.5 Å². The SMILES string of the molecule is C(#Cc1ccc(CCc2ccc(OCOc3ccccc3)cc2)cc1)c1ccccc1. The van der Waals surface area contributed by atoms with Crippen LogP contribution in [0, 0.1) is 11.8 Å². The lowest BCUT2D eigenvalue weighted by Crippen LogP contribution is -2.05. The predicted octanol–water partition coefficient (Wildman–Crippen LogP) is 6.29. The van der Waals surface area contributed by atoms with Crippen molar-refractivity contribution in [1.29, 1.82) is 0 Å². The average Bonchev–Trinajstić information content (AvgIpc) is 2.84. The molecular formula is C29H24O2. The van der Waals surface area contributed by atoms with Gasteiger partial charge in [-0.2, -0.15) is 0 Å². The quantitative estimate of drug-likeness (QED) is 0.266. The summed E-state index contributed by atoms with van der Waals surface area (Å²) in [6.07, 6.45) is 1.97. The molecule has 0 saturated carbocycles. The Balaban J connectivity index is 1.24. The van der Waals surface area contributed by atoms with Gasteiger partial charge in [0, 0.05) is 11.1 Å². The van der Waals surface area contributed by atoms with Gasteiger partial charge in [-0.25, -0.2) is 0 Å². The Morgan fingerprint density at radius 1 is 0.452 bits per heavy atom. The number of rotatable bonds is 7. The zero-order valence-corrected chi connectivity index (χ0v) is 17.3. The third-order valence-electron chi connectivity index (χ3n) is 4.90. The number of para-hydroxylation sites is 1. The molecule has 4 aromatic rings. The van der Waals surface area contributed by atoms with Gasteiger partial charge in [-0.15, -0.1) is 0 Å². The zero-order chi connectivity index (χ0) is 21.1. The highest BCUT2D eigenvalue weighted by Crippen LogP contribution is 2.16. The van der Waals surface area contributed by atoms with Crippen LogP contribution in [0.2, 0.25) is 0 Å². The van der Waals surface area contributed by atoms with Crippen LogP contribution in [-0.4, -0.2) is 6.79 Å². The molecule has 2 heteroatoms. The molecule has 0 amide bonds. The molecule has 0 aliphatic heterocycles. The first-order valence-electron chi connectivity index (χ1n) is 10.4. The number of hydrogen-bond donors (Lipinski definition) is 0. The van der Waals surface area contributed by atoms with E-state index in [1.165, 1.54) is 11.1 Å². The maximum Gasteiger partial charge on any atom is 0.230 e. The van der Waals surface area contributed by atoms with Gasteiger partial charge in [-0.3, -0.25) is 0 Å². The summed E-state index contributed by atoms with van der Waals surface area (Å²) in [6.45, 7) is 0.197. The van der Waals surface area contributed by atoms with Gasteiger partial charge in [-0.1, -0.05) is 72.5 Å². The van der Waals surface area contributed by atoms with Crippen molar-refractivity contribution >= 4 is 0 Å². The van der Waals surface area contributed by atoms with Crippen molar-refractivity contribution in [3.63, 3.8) is 0 Å². The monoisotopic (exact) mass is 404 g/mol. The van der Waals surface area contributed by atoms with Crippen molar-refractivity contribution in [3.05, 3.63) is 131 Å². The van der Waals surface area contributed by atoms with E-state index in [0.717, 1.165) is 35.5 Å². The molecule has 0 heterocycles. The topological polar surface area (TPSA) is 18.5 Å². The van der Waals surface area contributed by atoms with Crippen LogP contribution >= 0.6 is 0 Å². The highest BCUT2D eigenvalue weighted by molar-refractivity contribution is 5.43. The fourth-order valence-corrected chi connectivity index (χ4v) is 3.14. The van der Waals surface area contributed by atoms with E-state index in [-0.39, 0.29) is 6.79 Å². The Kier molecular flexibility index (Phi) is 7.02. The Hall–Kier alpha value is -3.96. The van der Waals surface area contributed by atoms with E-state index in [9.17, 15) is 0 Å². The van der Waals surface area contributed by atoms with Crippen LogP contribution in [0.5, 0.6) is 11.5 Å². The van der Waals surface area contributed by atoms with Gasteiger partial charge >= 0.3 is 0 Å². The van der Waals surface area contributed by atoms with E-state index < -0.39 is 0 Å². The number of hydrogen-bond acceptors (Lipinski definition) is 2. The second-order valence-electron chi connectivity index (χ2n) is 7.18. The van der Waals surface area contributed by atoms with E-state index in [4.69, 9.17) is 9.47 Å². The average molecular weight is 405 g/mol. The summed E-state index contributed by atoms with van der Waals surface area (Å²) in [7, 11) is 0. The molecule has 0 aliphatic carbocycles. The molecular weight excluding hydrogens is 380 g/mol. The van der Waals surface area contributed by atoms with Crippen LogP contribution in [0.4, 0.5) is 0 Å². The first-order valence-corrected chi connectivity index (χ1v) is 10.4. The van der Waals surface area contributed by atoms with Crippen molar-refractivity contribution in [2.75, 3.05) is 6.79 Å². The standard InChI is InChI=1S/C29H24O2/c1-3-7-24(8-4-1)11-12-25-13-15-26(16-14-25)17-18-27-19-21-29(22-20-27)31-23-30-28-9-5-2-6-10-28/h1-10,13-16,19-22H,17-18,23H2. The molecule has 0 aromatic heterocycles. The number of ether oxygens (including phenoxy) is 2. The van der Waals surface area contributed by atoms with Crippen molar-refractivity contribution < 1.29 is 9.47 Å². The second-order valence-corrected chi connectivity index (χ2v) is 7.18. The Bertz CT molecular complexity index is 1120. The fraction of sp³-hybridized carbons (Fsp3) is 0.103. The number of aryl methyl sites for hydroxylation is 2. The van der Waals surface area contributed by atoms with Gasteiger partial charge in [0.25, 0.3) is 0 Å². The molecule has 4 rings (SSSR count). The minimum Gasteiger partial charge on any atom is -0.458 e. The molecule has 0 saturated heterocycles. The van der Waals surface area contributed by atoms with Crippen LogP contribution in [0.1, 0.15) is 22.3 Å². The molecule has 152 valence electrons. The third kappa shape index (κ3) is 6.52. The molecule has 0 spiro atoms. The van der Waals surface area contributed by atoms with E-state index >= 15 is 0 Å². The van der Waals surface area contributed by atoms with E-state index in [0.29, 0.717) is 0 Å². The van der Waals surface area contributed by atoms with Gasteiger partial charge in [0.1, 0.15) is 11.5 Å². The molecule has 2 nitrogen and oxygen atoms in total. The van der Waals surface area contributed by atoms with Crippen LogP contribution in [-0.2, 0) is 12.8 Å². The second kappa shape index (κ2) is 10.7. The normalized spacial score (nSPS) is 10.1. The van der Waals surface area contributed by atoms with Crippen molar-refractivity contribution in [3.8, 4) is 23.3 Å². The lowest BCUT2D eigenvalue weighted by molar-refractivity contribution is 0.120. The highest BCUT2D eigenvalue weighted by atomic mass is 16.7. The molecule has 0 atom stereocenters. The van der Waals surface area contributed by atoms with Crippen molar-refractivity contribution in [1.82, 2.24) is 0 Å². The molecule has 0 bridgehead atoms. The van der Waals surface area contributed by atoms with Crippen LogP contribution in [0.25, 0.3) is 0 Å². The Morgan fingerprint density at radius 2 is 0.903 bits per heavy atom. The summed E-state index contributed by atoms with van der Waals surface area (Å²) < 4.78 is 11.2. The van der Waals surface area contributed by atoms with Crippen LogP contribution in [0.3, 0.4) is 0 Å². The van der Waals surface area contributed by atoms with Crippen molar-refractivity contribution in [2.24, 2.45) is 0 Å². The highest BCUT2D eigenvalue weighted by Gasteiger charge is 1.99. The maximum atomic E-state index is 5.66. The first kappa shape index (κ1) is 20.3. The van der Waals surface area contributed by atoms with Gasteiger partial charge < -0.3 is 9.47 Å². The Morgan fingerprint density at radius 3 is 1.48 bits per heavy atom. The lowest BCUT2D eigenvalue weighted by Gasteiger charge is -2.09. The third-order valence-corrected chi connectivity index (χ3v) is 4.90. The first-order chi connectivity index (χ1) is 15.3. The predicted molar refractivity (Wildman–Crippen MR) is 125 cm³/mol. The minimum absolute atomic E-state index is 0.197. The largest absolute Gasteiger partial charge is 0.458 e. The smallest absolute Gasteiger partial charge is 0.230 e. The Labute approximate surface area is 184 Å². The van der Waals surface area contributed by atoms with Crippen molar-refractivity contribution in [2.45, 2.75) is 12.8 Å². The van der Waals surface area contributed by atoms with Crippen LogP contribution < -0.4 is 9.47 Å². The molecule has 0 unspecified atom stereocenters. The van der Waals surface area contributed by atoms with Crippen LogP contribution in [0.15, 0.2) is 109 Å². The summed E-state index contributed by atoms with van der Waals surface area (Å²) in [5, 5.41) is 0. The van der Waals surface area contributed by atoms with E-state index in [2.05, 4.69) is 48.2 Å². The van der Waals surface area contributed by atoms with Gasteiger partial charge in [0.2, 0.25) is 6.79 Å². The summed E-state index contributed by atoms with van der Waals surface area (Å²) in [5.41, 5.74) is 4.66. The molecule has 0 N–H and O–H groups in total. The fourth-order valence-electron chi connectivity index (χ4n) is 3.14. The minimum atomic E-state index is 0.197. The molecule has 4 aromatic carbocycles. The zero-order valence-electron chi connectivity index (χ0n) is 17.3. The number of benzene rings is 4. The van der Waals surface area contributed by atoms with E-state index in [1.54, 1.807) is 0 Å². The summed E-state index contributed by atoms with van der Waals surface area (Å²) in [5.74, 6) is 8.03. The molecule has 0 radical (unpaired) electrons. The van der Waals surface area contributed by atoms with E-state index in [1.807, 2.05) is 72.8 Å². The molecule has 0 fully saturated rings. The summed E-state index contributed by atoms with van der Waals surface area (Å²) in [6, 6.07) is 36.4. The maximum absolute atomic E-state index is 5.66. The van der Waals surface area contributed by atoms with Gasteiger partial charge in [0.15, 0.2) is 0 Å². The van der Waals surface area contributed by atoms with Gasteiger partial charge in [0.05, 0.1) is 0 Å². The summed E-state index contributed by atoms with van der Waals surface area (Å²) in [4.78, 5) is 0. The molecule has 31 heavy (non-hydrogen) atoms.